The smallest absolute Gasteiger partial charge is 0.481 e. The Bertz CT molecular complexity index is 1100. The second-order valence-corrected chi connectivity index (χ2v) is 7.12. The molecule has 5 nitrogen and oxygen atoms in total. The number of amides is 1. The molecule has 0 atom stereocenters. The van der Waals surface area contributed by atoms with Gasteiger partial charge in [-0.05, 0) is 45.9 Å². The van der Waals surface area contributed by atoms with Gasteiger partial charge in [0.15, 0.2) is 5.17 Å². The summed E-state index contributed by atoms with van der Waals surface area (Å²) in [6, 6.07) is 24.6. The summed E-state index contributed by atoms with van der Waals surface area (Å²) in [6.07, 6.45) is 2.12. The minimum Gasteiger partial charge on any atom is -0.481 e. The van der Waals surface area contributed by atoms with Gasteiger partial charge < -0.3 is 10.4 Å². The monoisotopic (exact) mass is 426 g/mol. The predicted octanol–water partition coefficient (Wildman–Crippen LogP) is 2.02. The van der Waals surface area contributed by atoms with Crippen molar-refractivity contribution in [3.8, 4) is 0 Å². The van der Waals surface area contributed by atoms with Gasteiger partial charge in [0.2, 0.25) is 0 Å². The summed E-state index contributed by atoms with van der Waals surface area (Å²) in [5.41, 5.74) is 1.80. The van der Waals surface area contributed by atoms with Crippen molar-refractivity contribution in [3.05, 3.63) is 83.3 Å². The maximum Gasteiger partial charge on any atom is 1.00 e. The van der Waals surface area contributed by atoms with Crippen LogP contribution in [0.4, 0.5) is 5.69 Å². The third-order valence-electron chi connectivity index (χ3n) is 3.96. The number of thioether (sulfide) groups is 1. The number of rotatable bonds is 3. The number of aliphatic imine (C=N–C) groups is 1. The molecular weight excluding hydrogens is 407 g/mol. The fraction of sp³-hybridized carbons (Fsp3) is 0.0870. The third-order valence-corrected chi connectivity index (χ3v) is 4.87. The van der Waals surface area contributed by atoms with E-state index in [1.165, 1.54) is 17.1 Å². The topological polar surface area (TPSA) is 78.8 Å². The molecule has 1 aliphatic heterocycles. The average molecular weight is 426 g/mol. The van der Waals surface area contributed by atoms with Crippen molar-refractivity contribution in [1.29, 1.82) is 0 Å². The van der Waals surface area contributed by atoms with E-state index in [4.69, 9.17) is 5.11 Å². The molecule has 1 saturated heterocycles. The van der Waals surface area contributed by atoms with E-state index in [-0.39, 0.29) is 41.9 Å². The van der Waals surface area contributed by atoms with Gasteiger partial charge in [-0.3, -0.25) is 14.6 Å². The number of carbonyl (C=O) groups excluding carboxylic acids is 1. The van der Waals surface area contributed by atoms with Gasteiger partial charge in [0.1, 0.15) is 0 Å². The summed E-state index contributed by atoms with van der Waals surface area (Å²) >= 11 is 1.35. The van der Waals surface area contributed by atoms with E-state index in [0.29, 0.717) is 10.1 Å². The maximum absolute atomic E-state index is 12.2. The average Bonchev–Trinajstić information content (AvgIpc) is 3.07. The largest absolute Gasteiger partial charge is 1.00 e. The number of carboxylic acid groups (broad SMARTS) is 1. The Morgan fingerprint density at radius 3 is 2.47 bits per heavy atom. The van der Waals surface area contributed by atoms with Crippen LogP contribution < -0.4 is 34.9 Å². The Morgan fingerprint density at radius 1 is 1.13 bits per heavy atom. The zero-order chi connectivity index (χ0) is 20.6. The molecule has 0 aliphatic carbocycles. The van der Waals surface area contributed by atoms with Gasteiger partial charge in [0.25, 0.3) is 5.91 Å². The zero-order valence-electron chi connectivity index (χ0n) is 16.8. The maximum atomic E-state index is 12.2. The zero-order valence-corrected chi connectivity index (χ0v) is 19.6. The first-order valence-corrected chi connectivity index (χ1v) is 9.83. The summed E-state index contributed by atoms with van der Waals surface area (Å²) in [4.78, 5) is 26.6. The molecule has 0 aromatic heterocycles. The molecule has 4 rings (SSSR count). The van der Waals surface area contributed by atoms with Gasteiger partial charge in [0.05, 0.1) is 4.91 Å². The van der Waals surface area contributed by atoms with Gasteiger partial charge in [-0.15, -0.1) is 12.1 Å². The quantitative estimate of drug-likeness (QED) is 0.382. The van der Waals surface area contributed by atoms with E-state index in [0.717, 1.165) is 16.6 Å². The van der Waals surface area contributed by atoms with E-state index in [9.17, 15) is 9.59 Å². The summed E-state index contributed by atoms with van der Waals surface area (Å²) in [7, 11) is 0. The van der Waals surface area contributed by atoms with Crippen LogP contribution in [-0.2, 0) is 9.59 Å². The third kappa shape index (κ3) is 6.85. The molecule has 30 heavy (non-hydrogen) atoms. The molecule has 0 saturated carbocycles. The summed E-state index contributed by atoms with van der Waals surface area (Å²) in [5.74, 6) is -0.862. The summed E-state index contributed by atoms with van der Waals surface area (Å²) < 4.78 is 0. The molecule has 2 N–H and O–H groups in total. The minimum atomic E-state index is -0.745. The summed E-state index contributed by atoms with van der Waals surface area (Å²) in [6.45, 7) is 1.60. The fourth-order valence-corrected chi connectivity index (χ4v) is 3.34. The molecule has 7 heteroatoms. The van der Waals surface area contributed by atoms with Crippen molar-refractivity contribution in [2.75, 3.05) is 0 Å². The van der Waals surface area contributed by atoms with E-state index < -0.39 is 5.97 Å². The van der Waals surface area contributed by atoms with Gasteiger partial charge in [-0.1, -0.05) is 43.3 Å². The molecule has 1 aliphatic rings. The second kappa shape index (κ2) is 11.7. The van der Waals surface area contributed by atoms with Gasteiger partial charge in [0, 0.05) is 6.42 Å². The Kier molecular flexibility index (Phi) is 9.33. The van der Waals surface area contributed by atoms with Crippen molar-refractivity contribution >= 4 is 51.3 Å². The normalized spacial score (nSPS) is 15.3. The Labute approximate surface area is 201 Å². The number of nitrogens with one attached hydrogen (secondary N) is 1. The molecule has 1 amide bonds. The van der Waals surface area contributed by atoms with Crippen molar-refractivity contribution in [2.24, 2.45) is 4.99 Å². The van der Waals surface area contributed by atoms with E-state index in [1.54, 1.807) is 19.1 Å². The predicted molar refractivity (Wildman–Crippen MR) is 118 cm³/mol. The van der Waals surface area contributed by atoms with E-state index in [2.05, 4.69) is 40.6 Å². The fourth-order valence-electron chi connectivity index (χ4n) is 2.50. The molecule has 0 unspecified atom stereocenters. The molecule has 146 valence electrons. The number of nitrogens with zero attached hydrogens (tertiary/aromatic N) is 1. The van der Waals surface area contributed by atoms with Crippen LogP contribution in [0.2, 0.25) is 0 Å². The molecule has 3 aromatic carbocycles. The van der Waals surface area contributed by atoms with Crippen molar-refractivity contribution < 1.29 is 44.3 Å². The van der Waals surface area contributed by atoms with Crippen LogP contribution in [0.15, 0.2) is 76.6 Å². The minimum absolute atomic E-state index is 0. The van der Waals surface area contributed by atoms with Gasteiger partial charge >= 0.3 is 35.5 Å². The van der Waals surface area contributed by atoms with Crippen LogP contribution in [0.3, 0.4) is 0 Å². The van der Waals surface area contributed by atoms with E-state index in [1.807, 2.05) is 36.4 Å². The van der Waals surface area contributed by atoms with Crippen LogP contribution in [0.5, 0.6) is 0 Å². The number of hydrogen-bond acceptors (Lipinski definition) is 4. The SMILES string of the molecule is CCC(=O)O.O=C1NC(=Nc2cc[c-]cc2)SC1=Cc1ccc2ccccc2c1.[Na+]. The Balaban J connectivity index is 0.000000482. The molecule has 0 radical (unpaired) electrons. The van der Waals surface area contributed by atoms with Crippen molar-refractivity contribution in [2.45, 2.75) is 13.3 Å². The molecule has 0 bridgehead atoms. The molecule has 1 fully saturated rings. The van der Waals surface area contributed by atoms with Crippen LogP contribution in [0.1, 0.15) is 18.9 Å². The number of amidine groups is 1. The van der Waals surface area contributed by atoms with Gasteiger partial charge in [-0.2, -0.15) is 18.2 Å². The number of aliphatic carboxylic acids is 1. The standard InChI is InChI=1S/C20H13N2OS.C3H6O2.Na/c23-19-18(24-20(22-19)21-17-8-2-1-3-9-17)13-14-10-11-15-6-4-5-7-16(15)12-14;1-2-3(4)5;/h2-13H,(H,21,22,23);2H2,1H3,(H,4,5);/q-1;;+1. The van der Waals surface area contributed by atoms with Crippen molar-refractivity contribution in [3.63, 3.8) is 0 Å². The first kappa shape index (κ1) is 23.9. The number of carboxylic acids is 1. The Morgan fingerprint density at radius 2 is 1.80 bits per heavy atom. The van der Waals surface area contributed by atoms with Gasteiger partial charge in [-0.25, -0.2) is 0 Å². The van der Waals surface area contributed by atoms with Crippen LogP contribution in [0.25, 0.3) is 16.8 Å². The van der Waals surface area contributed by atoms with Crippen LogP contribution >= 0.6 is 11.8 Å². The van der Waals surface area contributed by atoms with Crippen LogP contribution in [0, 0.1) is 6.07 Å². The molecule has 3 aromatic rings. The summed E-state index contributed by atoms with van der Waals surface area (Å²) in [5, 5.41) is 13.5. The molecule has 0 spiro atoms. The number of carbonyl (C=O) groups is 2. The molecular formula is C23H19N2NaO3S. The first-order valence-electron chi connectivity index (χ1n) is 9.01. The Hall–Kier alpha value is -2.38. The first-order chi connectivity index (χ1) is 14.0. The van der Waals surface area contributed by atoms with Crippen LogP contribution in [-0.4, -0.2) is 22.2 Å². The van der Waals surface area contributed by atoms with E-state index >= 15 is 0 Å². The molecule has 1 heterocycles. The number of fused-ring (bicyclic) bond motifs is 1. The van der Waals surface area contributed by atoms with Crippen molar-refractivity contribution in [1.82, 2.24) is 5.32 Å². The number of hydrogen-bond donors (Lipinski definition) is 2. The second-order valence-electron chi connectivity index (χ2n) is 6.09. The number of benzene rings is 3.